The summed E-state index contributed by atoms with van der Waals surface area (Å²) in [6.07, 6.45) is 0.595. The van der Waals surface area contributed by atoms with Gasteiger partial charge < -0.3 is 20.4 Å². The Balaban J connectivity index is 2.66. The first-order valence-corrected chi connectivity index (χ1v) is 6.96. The number of aromatic nitrogens is 2. The van der Waals surface area contributed by atoms with Gasteiger partial charge in [0, 0.05) is 11.5 Å². The van der Waals surface area contributed by atoms with E-state index in [0.717, 1.165) is 24.4 Å². The largest absolute Gasteiger partial charge is 0.476 e. The van der Waals surface area contributed by atoms with Crippen LogP contribution in [0.3, 0.4) is 0 Å². The fourth-order valence-electron chi connectivity index (χ4n) is 1.12. The Labute approximate surface area is 124 Å². The molecule has 0 saturated heterocycles. The molecule has 1 aromatic rings. The fraction of sp³-hybridized carbons (Fsp3) is 0.545. The molecule has 0 radical (unpaired) electrons. The molecule has 1 heterocycles. The number of hydrogen-bond donors (Lipinski definition) is 2. The van der Waals surface area contributed by atoms with Crippen LogP contribution in [0, 0.1) is 0 Å². The van der Waals surface area contributed by atoms with E-state index < -0.39 is 23.8 Å². The highest BCUT2D eigenvalue weighted by Crippen LogP contribution is 2.08. The van der Waals surface area contributed by atoms with Crippen molar-refractivity contribution in [3.8, 4) is 0 Å². The number of hydrogen-bond acceptors (Lipinski definition) is 9. The number of carbonyl (C=O) groups is 2. The molecule has 1 atom stereocenters. The van der Waals surface area contributed by atoms with Crippen LogP contribution in [0.2, 0.25) is 0 Å². The Morgan fingerprint density at radius 3 is 2.76 bits per heavy atom. The van der Waals surface area contributed by atoms with E-state index in [2.05, 4.69) is 14.5 Å². The third-order valence-corrected chi connectivity index (χ3v) is 2.77. The number of oxime groups is 1. The number of anilines is 1. The molecule has 0 saturated carbocycles. The molecule has 3 N–H and O–H groups in total. The maximum atomic E-state index is 11.5. The highest BCUT2D eigenvalue weighted by Gasteiger charge is 2.21. The third kappa shape index (κ3) is 5.34. The molecule has 0 aliphatic carbocycles. The first kappa shape index (κ1) is 16.8. The minimum atomic E-state index is -1.39. The second kappa shape index (κ2) is 8.15. The maximum Gasteiger partial charge on any atom is 0.362 e. The number of esters is 1. The molecule has 0 spiro atoms. The maximum absolute atomic E-state index is 11.5. The van der Waals surface area contributed by atoms with Gasteiger partial charge in [-0.05, 0) is 13.3 Å². The molecule has 9 nitrogen and oxygen atoms in total. The molecule has 0 fully saturated rings. The lowest BCUT2D eigenvalue weighted by molar-refractivity contribution is -0.156. The van der Waals surface area contributed by atoms with Crippen LogP contribution in [-0.2, 0) is 19.2 Å². The van der Waals surface area contributed by atoms with Crippen molar-refractivity contribution in [2.45, 2.75) is 32.8 Å². The van der Waals surface area contributed by atoms with E-state index in [1.807, 2.05) is 6.92 Å². The van der Waals surface area contributed by atoms with Crippen LogP contribution in [-0.4, -0.2) is 44.8 Å². The van der Waals surface area contributed by atoms with Gasteiger partial charge >= 0.3 is 11.9 Å². The summed E-state index contributed by atoms with van der Waals surface area (Å²) in [6.45, 7) is 3.65. The van der Waals surface area contributed by atoms with Crippen molar-refractivity contribution in [3.63, 3.8) is 0 Å². The van der Waals surface area contributed by atoms with E-state index in [1.165, 1.54) is 6.92 Å². The summed E-state index contributed by atoms with van der Waals surface area (Å²) in [5.74, 6) is -2.18. The molecule has 21 heavy (non-hydrogen) atoms. The molecule has 1 aromatic heterocycles. The van der Waals surface area contributed by atoms with E-state index >= 15 is 0 Å². The third-order valence-electron chi connectivity index (χ3n) is 2.23. The van der Waals surface area contributed by atoms with Crippen molar-refractivity contribution < 1.29 is 24.3 Å². The summed E-state index contributed by atoms with van der Waals surface area (Å²) >= 11 is 0.830. The first-order chi connectivity index (χ1) is 9.95. The number of carbonyl (C=O) groups excluding carboxylic acids is 1. The van der Waals surface area contributed by atoms with Crippen LogP contribution in [0.1, 0.15) is 32.5 Å². The molecule has 0 amide bonds. The van der Waals surface area contributed by atoms with Crippen molar-refractivity contribution in [2.75, 3.05) is 12.3 Å². The standard InChI is InChI=1S/C11H16N4O5S/c1-3-4-5-19-10(18)6(2)20-14-7(9(16)17)8-13-11(12)21-15-8/h6H,3-5H2,1-2H3,(H,16,17)(H2,12,13,15)/b14-7-/t6-/m0/s1. The highest BCUT2D eigenvalue weighted by molar-refractivity contribution is 7.09. The summed E-state index contributed by atoms with van der Waals surface area (Å²) < 4.78 is 8.64. The van der Waals surface area contributed by atoms with E-state index in [9.17, 15) is 9.59 Å². The number of aliphatic carboxylic acids is 1. The van der Waals surface area contributed by atoms with Crippen molar-refractivity contribution in [1.82, 2.24) is 9.36 Å². The van der Waals surface area contributed by atoms with Crippen LogP contribution >= 0.6 is 11.5 Å². The van der Waals surface area contributed by atoms with E-state index in [-0.39, 0.29) is 17.6 Å². The Hall–Kier alpha value is -2.23. The average Bonchev–Trinajstić information content (AvgIpc) is 2.85. The zero-order valence-corrected chi connectivity index (χ0v) is 12.4. The molecule has 0 aromatic carbocycles. The minimum absolute atomic E-state index is 0.103. The highest BCUT2D eigenvalue weighted by atomic mass is 32.1. The van der Waals surface area contributed by atoms with Crippen molar-refractivity contribution >= 4 is 34.3 Å². The topological polar surface area (TPSA) is 137 Å². The number of ether oxygens (including phenoxy) is 1. The predicted molar refractivity (Wildman–Crippen MR) is 74.9 cm³/mol. The normalized spacial score (nSPS) is 12.8. The number of carboxylic acid groups (broad SMARTS) is 1. The smallest absolute Gasteiger partial charge is 0.362 e. The average molecular weight is 316 g/mol. The predicted octanol–water partition coefficient (Wildman–Crippen LogP) is 0.657. The Morgan fingerprint density at radius 1 is 1.52 bits per heavy atom. The fourth-order valence-corrected chi connectivity index (χ4v) is 1.55. The molecule has 0 aliphatic heterocycles. The number of nitrogens with two attached hydrogens (primary N) is 1. The number of carboxylic acids is 1. The molecule has 1 rings (SSSR count). The molecule has 0 unspecified atom stereocenters. The quantitative estimate of drug-likeness (QED) is 0.309. The lowest BCUT2D eigenvalue weighted by Crippen LogP contribution is -2.24. The van der Waals surface area contributed by atoms with Gasteiger partial charge in [0.1, 0.15) is 0 Å². The van der Waals surface area contributed by atoms with Crippen LogP contribution < -0.4 is 5.73 Å². The van der Waals surface area contributed by atoms with Crippen LogP contribution in [0.5, 0.6) is 0 Å². The van der Waals surface area contributed by atoms with Gasteiger partial charge in [-0.2, -0.15) is 9.36 Å². The zero-order chi connectivity index (χ0) is 15.8. The van der Waals surface area contributed by atoms with E-state index in [0.29, 0.717) is 0 Å². The van der Waals surface area contributed by atoms with Crippen molar-refractivity contribution in [3.05, 3.63) is 5.82 Å². The van der Waals surface area contributed by atoms with E-state index in [4.69, 9.17) is 20.4 Å². The van der Waals surface area contributed by atoms with Crippen molar-refractivity contribution in [1.29, 1.82) is 0 Å². The minimum Gasteiger partial charge on any atom is -0.476 e. The van der Waals surface area contributed by atoms with E-state index in [1.54, 1.807) is 0 Å². The van der Waals surface area contributed by atoms with Gasteiger partial charge in [0.25, 0.3) is 0 Å². The lowest BCUT2D eigenvalue weighted by atomic mass is 10.3. The SMILES string of the molecule is CCCCOC(=O)[C@H](C)O/N=C(\C(=O)O)c1nsc(N)n1. The summed E-state index contributed by atoms with van der Waals surface area (Å²) in [6, 6.07) is 0. The van der Waals surface area contributed by atoms with Gasteiger partial charge in [0.15, 0.2) is 5.13 Å². The first-order valence-electron chi connectivity index (χ1n) is 6.19. The zero-order valence-electron chi connectivity index (χ0n) is 11.6. The molecule has 116 valence electrons. The van der Waals surface area contributed by atoms with Gasteiger partial charge in [-0.3, -0.25) is 0 Å². The van der Waals surface area contributed by atoms with Crippen molar-refractivity contribution in [2.24, 2.45) is 5.16 Å². The summed E-state index contributed by atoms with van der Waals surface area (Å²) in [5.41, 5.74) is 4.84. The monoisotopic (exact) mass is 316 g/mol. The van der Waals surface area contributed by atoms with Gasteiger partial charge in [0.05, 0.1) is 6.61 Å². The molecular weight excluding hydrogens is 300 g/mol. The van der Waals surface area contributed by atoms with Crippen LogP contribution in [0.4, 0.5) is 5.13 Å². The molecular formula is C11H16N4O5S. The Morgan fingerprint density at radius 2 is 2.24 bits per heavy atom. The molecule has 0 aliphatic rings. The van der Waals surface area contributed by atoms with Gasteiger partial charge in [-0.1, -0.05) is 18.5 Å². The molecule has 0 bridgehead atoms. The number of unbranched alkanes of at least 4 members (excludes halogenated alkanes) is 1. The van der Waals surface area contributed by atoms with Gasteiger partial charge in [0.2, 0.25) is 17.6 Å². The van der Waals surface area contributed by atoms with Crippen LogP contribution in [0.15, 0.2) is 5.16 Å². The number of rotatable bonds is 8. The van der Waals surface area contributed by atoms with Gasteiger partial charge in [-0.15, -0.1) is 0 Å². The summed E-state index contributed by atoms with van der Waals surface area (Å²) in [5, 5.41) is 12.5. The molecule has 10 heteroatoms. The van der Waals surface area contributed by atoms with Crippen LogP contribution in [0.25, 0.3) is 0 Å². The Bertz CT molecular complexity index is 530. The second-order valence-electron chi connectivity index (χ2n) is 3.97. The lowest BCUT2D eigenvalue weighted by Gasteiger charge is -2.09. The summed E-state index contributed by atoms with van der Waals surface area (Å²) in [7, 11) is 0. The Kier molecular flexibility index (Phi) is 6.53. The second-order valence-corrected chi connectivity index (χ2v) is 4.75. The summed E-state index contributed by atoms with van der Waals surface area (Å²) in [4.78, 5) is 31.1. The number of nitrogens with zero attached hydrogens (tertiary/aromatic N) is 3. The number of nitrogen functional groups attached to an aromatic ring is 1. The van der Waals surface area contributed by atoms with Gasteiger partial charge in [-0.25, -0.2) is 9.59 Å².